The van der Waals surface area contributed by atoms with Gasteiger partial charge >= 0.3 is 12.2 Å². The van der Waals surface area contributed by atoms with Crippen molar-refractivity contribution in [3.8, 4) is 6.01 Å². The lowest BCUT2D eigenvalue weighted by molar-refractivity contribution is -0.137. The Morgan fingerprint density at radius 1 is 1.02 bits per heavy atom. The van der Waals surface area contributed by atoms with Gasteiger partial charge < -0.3 is 24.3 Å². The van der Waals surface area contributed by atoms with Crippen molar-refractivity contribution in [1.82, 2.24) is 24.7 Å². The topological polar surface area (TPSA) is 68.3 Å². The maximum atomic E-state index is 14.0. The maximum absolute atomic E-state index is 14.0. The van der Waals surface area contributed by atoms with Crippen LogP contribution >= 0.6 is 11.6 Å². The standard InChI is InChI=1S/C32H41ClF3N7O2/c1-39-12-5-7-23(39)22-45-31-37-26-21-43(27-9-4-8-25(33)29(27)32(34,35)36)16-11-24(26)30(38-31)42-19-17-41(18-20-42)28(44)10-6-15-40-13-2-3-14-40/h4,6,8-10,23H,2-3,5,7,11-22H2,1H3/b10-6+/t23-/m0/s1. The number of amides is 1. The third-order valence-corrected chi connectivity index (χ3v) is 9.74. The van der Waals surface area contributed by atoms with E-state index in [2.05, 4.69) is 21.7 Å². The molecule has 0 unspecified atom stereocenters. The predicted octanol–water partition coefficient (Wildman–Crippen LogP) is 4.49. The van der Waals surface area contributed by atoms with E-state index in [1.807, 2.05) is 11.0 Å². The van der Waals surface area contributed by atoms with E-state index < -0.39 is 11.7 Å². The zero-order valence-electron chi connectivity index (χ0n) is 25.7. The number of halogens is 4. The van der Waals surface area contributed by atoms with Crippen LogP contribution in [0.3, 0.4) is 0 Å². The number of anilines is 2. The van der Waals surface area contributed by atoms with Gasteiger partial charge in [0.25, 0.3) is 0 Å². The summed E-state index contributed by atoms with van der Waals surface area (Å²) in [4.78, 5) is 32.8. The van der Waals surface area contributed by atoms with Gasteiger partial charge in [0, 0.05) is 56.9 Å². The quantitative estimate of drug-likeness (QED) is 0.389. The van der Waals surface area contributed by atoms with Crippen LogP contribution in [0.25, 0.3) is 0 Å². The van der Waals surface area contributed by atoms with Crippen LogP contribution in [0.15, 0.2) is 30.4 Å². The van der Waals surface area contributed by atoms with Crippen molar-refractivity contribution in [2.24, 2.45) is 0 Å². The number of nitrogens with zero attached hydrogens (tertiary/aromatic N) is 7. The van der Waals surface area contributed by atoms with Crippen LogP contribution < -0.4 is 14.5 Å². The summed E-state index contributed by atoms with van der Waals surface area (Å²) in [6, 6.07) is 4.77. The van der Waals surface area contributed by atoms with Gasteiger partial charge in [-0.25, -0.2) is 0 Å². The highest BCUT2D eigenvalue weighted by molar-refractivity contribution is 6.31. The number of carbonyl (C=O) groups is 1. The van der Waals surface area contributed by atoms with Crippen molar-refractivity contribution in [2.75, 3.05) is 82.4 Å². The lowest BCUT2D eigenvalue weighted by Crippen LogP contribution is -2.49. The van der Waals surface area contributed by atoms with Crippen LogP contribution in [0.1, 0.15) is 42.5 Å². The molecule has 6 rings (SSSR count). The number of carbonyl (C=O) groups excluding carboxylic acids is 1. The third-order valence-electron chi connectivity index (χ3n) is 9.43. The molecule has 0 aliphatic carbocycles. The normalized spacial score (nSPS) is 21.6. The first-order chi connectivity index (χ1) is 21.7. The highest BCUT2D eigenvalue weighted by atomic mass is 35.5. The number of piperazine rings is 1. The second-order valence-electron chi connectivity index (χ2n) is 12.4. The molecule has 1 amide bonds. The maximum Gasteiger partial charge on any atom is 0.419 e. The highest BCUT2D eigenvalue weighted by Gasteiger charge is 2.38. The molecule has 2 aromatic rings. The van der Waals surface area contributed by atoms with E-state index in [0.29, 0.717) is 51.4 Å². The zero-order chi connectivity index (χ0) is 31.6. The molecule has 4 aliphatic rings. The Morgan fingerprint density at radius 3 is 2.51 bits per heavy atom. The Hall–Kier alpha value is -3.09. The number of hydrogen-bond acceptors (Lipinski definition) is 8. The van der Waals surface area contributed by atoms with Crippen LogP contribution in [-0.2, 0) is 23.9 Å². The molecule has 0 bridgehead atoms. The SMILES string of the molecule is CN1CCC[C@H]1COc1nc2c(c(N3CCN(C(=O)/C=C/CN4CCCC4)CC3)n1)CCN(c1cccc(Cl)c1C(F)(F)F)C2. The molecule has 0 radical (unpaired) electrons. The molecule has 244 valence electrons. The van der Waals surface area contributed by atoms with Gasteiger partial charge in [-0.05, 0) is 70.9 Å². The third kappa shape index (κ3) is 7.33. The number of hydrogen-bond donors (Lipinski definition) is 0. The first-order valence-corrected chi connectivity index (χ1v) is 16.3. The molecule has 0 saturated carbocycles. The van der Waals surface area contributed by atoms with Crippen molar-refractivity contribution >= 4 is 29.0 Å². The molecule has 3 saturated heterocycles. The summed E-state index contributed by atoms with van der Waals surface area (Å²) >= 11 is 6.06. The van der Waals surface area contributed by atoms with Gasteiger partial charge in [-0.3, -0.25) is 9.69 Å². The molecule has 1 aromatic heterocycles. The van der Waals surface area contributed by atoms with E-state index in [-0.39, 0.29) is 35.2 Å². The fraction of sp³-hybridized carbons (Fsp3) is 0.594. The summed E-state index contributed by atoms with van der Waals surface area (Å²) in [6.07, 6.45) is 4.09. The fourth-order valence-electron chi connectivity index (χ4n) is 6.85. The minimum Gasteiger partial charge on any atom is -0.462 e. The molecular weight excluding hydrogens is 607 g/mol. The number of likely N-dealkylation sites (N-methyl/N-ethyl adjacent to an activating group) is 1. The second-order valence-corrected chi connectivity index (χ2v) is 12.8. The lowest BCUT2D eigenvalue weighted by Gasteiger charge is -2.38. The molecule has 0 N–H and O–H groups in total. The molecule has 4 aliphatic heterocycles. The van der Waals surface area contributed by atoms with Gasteiger partial charge in [-0.1, -0.05) is 23.7 Å². The Labute approximate surface area is 267 Å². The molecule has 13 heteroatoms. The minimum atomic E-state index is -4.59. The van der Waals surface area contributed by atoms with Crippen molar-refractivity contribution in [1.29, 1.82) is 0 Å². The second kappa shape index (κ2) is 13.7. The van der Waals surface area contributed by atoms with E-state index in [1.54, 1.807) is 17.0 Å². The van der Waals surface area contributed by atoms with Gasteiger partial charge in [0.2, 0.25) is 5.91 Å². The summed E-state index contributed by atoms with van der Waals surface area (Å²) in [5.41, 5.74) is 0.774. The monoisotopic (exact) mass is 647 g/mol. The van der Waals surface area contributed by atoms with Crippen molar-refractivity contribution < 1.29 is 22.7 Å². The van der Waals surface area contributed by atoms with Crippen LogP contribution in [0.4, 0.5) is 24.7 Å². The average Bonchev–Trinajstić information content (AvgIpc) is 3.70. The minimum absolute atomic E-state index is 0.0147. The van der Waals surface area contributed by atoms with Crippen molar-refractivity contribution in [2.45, 2.75) is 50.9 Å². The van der Waals surface area contributed by atoms with Gasteiger partial charge in [0.05, 0.1) is 28.5 Å². The number of benzene rings is 1. The van der Waals surface area contributed by atoms with Crippen LogP contribution in [0.2, 0.25) is 5.02 Å². The summed E-state index contributed by atoms with van der Waals surface area (Å²) in [5.74, 6) is 0.758. The molecule has 5 heterocycles. The smallest absolute Gasteiger partial charge is 0.419 e. The molecular formula is C32H41ClF3N7O2. The fourth-order valence-corrected chi connectivity index (χ4v) is 7.13. The van der Waals surface area contributed by atoms with Crippen LogP contribution in [0, 0.1) is 0 Å². The number of fused-ring (bicyclic) bond motifs is 1. The van der Waals surface area contributed by atoms with Crippen LogP contribution in [-0.4, -0.2) is 109 Å². The Kier molecular flexibility index (Phi) is 9.72. The molecule has 0 spiro atoms. The molecule has 9 nitrogen and oxygen atoms in total. The number of alkyl halides is 3. The summed E-state index contributed by atoms with van der Waals surface area (Å²) in [6.45, 7) is 7.26. The predicted molar refractivity (Wildman–Crippen MR) is 168 cm³/mol. The van der Waals surface area contributed by atoms with Gasteiger partial charge in [-0.2, -0.15) is 23.1 Å². The summed E-state index contributed by atoms with van der Waals surface area (Å²) in [5, 5.41) is -0.322. The van der Waals surface area contributed by atoms with E-state index in [4.69, 9.17) is 26.3 Å². The summed E-state index contributed by atoms with van der Waals surface area (Å²) < 4.78 is 48.3. The van der Waals surface area contributed by atoms with Gasteiger partial charge in [0.1, 0.15) is 12.4 Å². The molecule has 1 atom stereocenters. The zero-order valence-corrected chi connectivity index (χ0v) is 26.5. The van der Waals surface area contributed by atoms with Gasteiger partial charge in [-0.15, -0.1) is 0 Å². The number of rotatable bonds is 8. The first-order valence-electron chi connectivity index (χ1n) is 15.9. The van der Waals surface area contributed by atoms with Crippen molar-refractivity contribution in [3.63, 3.8) is 0 Å². The van der Waals surface area contributed by atoms with E-state index in [0.717, 1.165) is 50.4 Å². The van der Waals surface area contributed by atoms with E-state index in [9.17, 15) is 18.0 Å². The Bertz CT molecular complexity index is 1390. The van der Waals surface area contributed by atoms with E-state index >= 15 is 0 Å². The summed E-state index contributed by atoms with van der Waals surface area (Å²) in [7, 11) is 2.07. The Morgan fingerprint density at radius 2 is 1.80 bits per heavy atom. The van der Waals surface area contributed by atoms with Crippen LogP contribution in [0.5, 0.6) is 6.01 Å². The lowest BCUT2D eigenvalue weighted by atomic mass is 10.0. The highest BCUT2D eigenvalue weighted by Crippen LogP contribution is 2.43. The average molecular weight is 648 g/mol. The molecule has 1 aromatic carbocycles. The molecule has 45 heavy (non-hydrogen) atoms. The largest absolute Gasteiger partial charge is 0.462 e. The number of aromatic nitrogens is 2. The Balaban J connectivity index is 1.20. The molecule has 3 fully saturated rings. The first kappa shape index (κ1) is 31.9. The number of likely N-dealkylation sites (tertiary alicyclic amines) is 2. The number of ether oxygens (including phenoxy) is 1. The van der Waals surface area contributed by atoms with Crippen molar-refractivity contribution in [3.05, 3.63) is 52.2 Å². The van der Waals surface area contributed by atoms with Gasteiger partial charge in [0.15, 0.2) is 0 Å². The van der Waals surface area contributed by atoms with E-state index in [1.165, 1.54) is 25.0 Å².